The minimum absolute atomic E-state index is 0.0236. The number of rotatable bonds is 2. The zero-order valence-corrected chi connectivity index (χ0v) is 12.9. The van der Waals surface area contributed by atoms with Gasteiger partial charge >= 0.3 is 0 Å². The molecular formula is C17H17N5O. The van der Waals surface area contributed by atoms with E-state index in [1.807, 2.05) is 36.2 Å². The van der Waals surface area contributed by atoms with E-state index in [9.17, 15) is 4.79 Å². The van der Waals surface area contributed by atoms with Gasteiger partial charge in [0.05, 0.1) is 17.9 Å². The number of likely N-dealkylation sites (tertiary alicyclic amines) is 1. The molecule has 0 N–H and O–H groups in total. The fourth-order valence-corrected chi connectivity index (χ4v) is 3.16. The molecule has 0 spiro atoms. The Morgan fingerprint density at radius 1 is 1.26 bits per heavy atom. The topological polar surface area (TPSA) is 63.4 Å². The molecule has 6 nitrogen and oxygen atoms in total. The molecule has 0 unspecified atom stereocenters. The lowest BCUT2D eigenvalue weighted by Gasteiger charge is -2.23. The second-order valence-corrected chi connectivity index (χ2v) is 5.87. The van der Waals surface area contributed by atoms with Crippen LogP contribution in [0.2, 0.25) is 0 Å². The molecule has 1 atom stereocenters. The first-order chi connectivity index (χ1) is 11.2. The van der Waals surface area contributed by atoms with E-state index < -0.39 is 0 Å². The fourth-order valence-electron chi connectivity index (χ4n) is 3.16. The van der Waals surface area contributed by atoms with Crippen molar-refractivity contribution in [1.29, 1.82) is 0 Å². The third-order valence-corrected chi connectivity index (χ3v) is 4.26. The summed E-state index contributed by atoms with van der Waals surface area (Å²) in [5.74, 6) is -0.0236. The molecule has 0 bridgehead atoms. The lowest BCUT2D eigenvalue weighted by Crippen LogP contribution is -2.31. The lowest BCUT2D eigenvalue weighted by atomic mass is 10.1. The normalized spacial score (nSPS) is 17.8. The van der Waals surface area contributed by atoms with E-state index in [1.54, 1.807) is 23.1 Å². The summed E-state index contributed by atoms with van der Waals surface area (Å²) in [5.41, 5.74) is 3.10. The fraction of sp³-hybridized carbons (Fsp3) is 0.294. The summed E-state index contributed by atoms with van der Waals surface area (Å²) in [6, 6.07) is 5.86. The molecule has 1 fully saturated rings. The predicted octanol–water partition coefficient (Wildman–Crippen LogP) is 2.41. The Morgan fingerprint density at radius 2 is 2.17 bits per heavy atom. The van der Waals surface area contributed by atoms with Gasteiger partial charge in [-0.3, -0.25) is 9.78 Å². The SMILES string of the molecule is Cc1cnc2c(C(=O)N3CCC[C@H]3c3ccccn3)cnn2c1. The highest BCUT2D eigenvalue weighted by Crippen LogP contribution is 2.32. The van der Waals surface area contributed by atoms with E-state index in [4.69, 9.17) is 0 Å². The van der Waals surface area contributed by atoms with Gasteiger partial charge < -0.3 is 4.90 Å². The summed E-state index contributed by atoms with van der Waals surface area (Å²) >= 11 is 0. The van der Waals surface area contributed by atoms with Crippen molar-refractivity contribution in [1.82, 2.24) is 24.5 Å². The zero-order valence-electron chi connectivity index (χ0n) is 12.9. The molecule has 0 aromatic carbocycles. The number of aromatic nitrogens is 4. The molecule has 1 aliphatic heterocycles. The molecule has 4 heterocycles. The van der Waals surface area contributed by atoms with Gasteiger partial charge in [-0.15, -0.1) is 0 Å². The molecule has 3 aromatic rings. The van der Waals surface area contributed by atoms with E-state index in [1.165, 1.54) is 0 Å². The summed E-state index contributed by atoms with van der Waals surface area (Å²) in [4.78, 5) is 23.7. The molecule has 6 heteroatoms. The number of pyridine rings is 1. The number of nitrogens with zero attached hydrogens (tertiary/aromatic N) is 5. The number of hydrogen-bond acceptors (Lipinski definition) is 4. The Bertz CT molecular complexity index is 858. The number of hydrogen-bond donors (Lipinski definition) is 0. The summed E-state index contributed by atoms with van der Waals surface area (Å²) in [6.07, 6.45) is 8.94. The molecular weight excluding hydrogens is 290 g/mol. The first-order valence-corrected chi connectivity index (χ1v) is 7.76. The van der Waals surface area contributed by atoms with Crippen molar-refractivity contribution in [3.8, 4) is 0 Å². The Hall–Kier alpha value is -2.76. The van der Waals surface area contributed by atoms with Crippen LogP contribution < -0.4 is 0 Å². The van der Waals surface area contributed by atoms with Crippen molar-refractivity contribution in [2.75, 3.05) is 6.54 Å². The molecule has 23 heavy (non-hydrogen) atoms. The Labute approximate surface area is 133 Å². The third-order valence-electron chi connectivity index (χ3n) is 4.26. The van der Waals surface area contributed by atoms with Crippen molar-refractivity contribution in [2.24, 2.45) is 0 Å². The van der Waals surface area contributed by atoms with Gasteiger partial charge in [-0.05, 0) is 37.5 Å². The molecule has 0 radical (unpaired) electrons. The minimum Gasteiger partial charge on any atom is -0.330 e. The van der Waals surface area contributed by atoms with E-state index in [2.05, 4.69) is 15.1 Å². The smallest absolute Gasteiger partial charge is 0.259 e. The first-order valence-electron chi connectivity index (χ1n) is 7.76. The second-order valence-electron chi connectivity index (χ2n) is 5.87. The van der Waals surface area contributed by atoms with Crippen LogP contribution in [-0.4, -0.2) is 36.9 Å². The van der Waals surface area contributed by atoms with Gasteiger partial charge in [0, 0.05) is 25.1 Å². The molecule has 1 aliphatic rings. The van der Waals surface area contributed by atoms with Crippen LogP contribution in [0, 0.1) is 6.92 Å². The highest BCUT2D eigenvalue weighted by Gasteiger charge is 2.32. The lowest BCUT2D eigenvalue weighted by molar-refractivity contribution is 0.0734. The van der Waals surface area contributed by atoms with E-state index >= 15 is 0 Å². The van der Waals surface area contributed by atoms with Crippen molar-refractivity contribution in [2.45, 2.75) is 25.8 Å². The highest BCUT2D eigenvalue weighted by atomic mass is 16.2. The summed E-state index contributed by atoms with van der Waals surface area (Å²) in [7, 11) is 0. The maximum absolute atomic E-state index is 13.0. The summed E-state index contributed by atoms with van der Waals surface area (Å²) in [6.45, 7) is 2.69. The molecule has 116 valence electrons. The maximum Gasteiger partial charge on any atom is 0.259 e. The van der Waals surface area contributed by atoms with Crippen LogP contribution in [-0.2, 0) is 0 Å². The average Bonchev–Trinajstić information content (AvgIpc) is 3.21. The second kappa shape index (κ2) is 5.46. The predicted molar refractivity (Wildman–Crippen MR) is 85.0 cm³/mol. The Morgan fingerprint density at radius 3 is 3.00 bits per heavy atom. The molecule has 4 rings (SSSR count). The Kier molecular flexibility index (Phi) is 3.29. The van der Waals surface area contributed by atoms with Gasteiger partial charge in [-0.2, -0.15) is 5.10 Å². The molecule has 1 saturated heterocycles. The maximum atomic E-state index is 13.0. The molecule has 0 saturated carbocycles. The van der Waals surface area contributed by atoms with Crippen LogP contribution in [0.3, 0.4) is 0 Å². The Balaban J connectivity index is 1.70. The number of fused-ring (bicyclic) bond motifs is 1. The van der Waals surface area contributed by atoms with E-state index in [-0.39, 0.29) is 11.9 Å². The minimum atomic E-state index is -0.0236. The van der Waals surface area contributed by atoms with Gasteiger partial charge in [0.1, 0.15) is 5.56 Å². The third kappa shape index (κ3) is 2.36. The van der Waals surface area contributed by atoms with Crippen molar-refractivity contribution in [3.05, 3.63) is 59.8 Å². The van der Waals surface area contributed by atoms with Gasteiger partial charge in [0.15, 0.2) is 5.65 Å². The van der Waals surface area contributed by atoms with Gasteiger partial charge in [-0.1, -0.05) is 6.07 Å². The van der Waals surface area contributed by atoms with Gasteiger partial charge in [-0.25, -0.2) is 9.50 Å². The summed E-state index contributed by atoms with van der Waals surface area (Å²) < 4.78 is 1.66. The molecule has 3 aromatic heterocycles. The van der Waals surface area contributed by atoms with Crippen LogP contribution in [0.25, 0.3) is 5.65 Å². The van der Waals surface area contributed by atoms with E-state index in [0.717, 1.165) is 30.6 Å². The number of carbonyl (C=O) groups is 1. The van der Waals surface area contributed by atoms with Crippen LogP contribution in [0.15, 0.2) is 43.0 Å². The first kappa shape index (κ1) is 13.9. The monoisotopic (exact) mass is 307 g/mol. The molecule has 1 amide bonds. The zero-order chi connectivity index (χ0) is 15.8. The standard InChI is InChI=1S/C17H17N5O/c1-12-9-19-16-13(10-20-22(16)11-12)17(23)21-8-4-6-15(21)14-5-2-3-7-18-14/h2-3,5,7,9-11,15H,4,6,8H2,1H3/t15-/m0/s1. The van der Waals surface area contributed by atoms with Crippen LogP contribution in [0.5, 0.6) is 0 Å². The molecule has 0 aliphatic carbocycles. The van der Waals surface area contributed by atoms with Crippen LogP contribution in [0.4, 0.5) is 0 Å². The van der Waals surface area contributed by atoms with Crippen molar-refractivity contribution >= 4 is 11.6 Å². The van der Waals surface area contributed by atoms with Gasteiger partial charge in [0.2, 0.25) is 0 Å². The number of amides is 1. The average molecular weight is 307 g/mol. The van der Waals surface area contributed by atoms with Crippen LogP contribution >= 0.6 is 0 Å². The van der Waals surface area contributed by atoms with Crippen molar-refractivity contribution < 1.29 is 4.79 Å². The van der Waals surface area contributed by atoms with Crippen LogP contribution in [0.1, 0.15) is 40.5 Å². The van der Waals surface area contributed by atoms with E-state index in [0.29, 0.717) is 11.2 Å². The highest BCUT2D eigenvalue weighted by molar-refractivity contribution is 6.00. The number of aryl methyl sites for hydroxylation is 1. The van der Waals surface area contributed by atoms with Crippen molar-refractivity contribution in [3.63, 3.8) is 0 Å². The number of carbonyl (C=O) groups excluding carboxylic acids is 1. The quantitative estimate of drug-likeness (QED) is 0.729. The van der Waals surface area contributed by atoms with Gasteiger partial charge in [0.25, 0.3) is 5.91 Å². The summed E-state index contributed by atoms with van der Waals surface area (Å²) in [5, 5.41) is 4.26. The largest absolute Gasteiger partial charge is 0.330 e.